The Balaban J connectivity index is 1.44. The van der Waals surface area contributed by atoms with Crippen LogP contribution in [0, 0.1) is 0 Å². The van der Waals surface area contributed by atoms with Gasteiger partial charge >= 0.3 is 0 Å². The number of hydrogen-bond donors (Lipinski definition) is 1. The molecule has 3 amide bonds. The lowest BCUT2D eigenvalue weighted by atomic mass is 10.1. The Morgan fingerprint density at radius 2 is 1.88 bits per heavy atom. The van der Waals surface area contributed by atoms with E-state index < -0.39 is 6.04 Å². The zero-order chi connectivity index (χ0) is 23.2. The van der Waals surface area contributed by atoms with Crippen molar-refractivity contribution in [3.63, 3.8) is 0 Å². The molecule has 1 atom stereocenters. The molecule has 2 aliphatic rings. The summed E-state index contributed by atoms with van der Waals surface area (Å²) >= 11 is 1.91. The highest BCUT2D eigenvalue weighted by molar-refractivity contribution is 7.99. The predicted molar refractivity (Wildman–Crippen MR) is 133 cm³/mol. The molecule has 33 heavy (non-hydrogen) atoms. The third-order valence-corrected chi connectivity index (χ3v) is 7.42. The molecule has 1 unspecified atom stereocenters. The quantitative estimate of drug-likeness (QED) is 0.566. The smallest absolute Gasteiger partial charge is 0.256 e. The highest BCUT2D eigenvalue weighted by Gasteiger charge is 2.41. The maximum Gasteiger partial charge on any atom is 0.256 e. The lowest BCUT2D eigenvalue weighted by Gasteiger charge is -2.26. The molecule has 0 radical (unpaired) electrons. The van der Waals surface area contributed by atoms with Gasteiger partial charge in [-0.1, -0.05) is 31.2 Å². The molecule has 0 saturated carbocycles. The topological polar surface area (TPSA) is 69.7 Å². The van der Waals surface area contributed by atoms with Crippen molar-refractivity contribution < 1.29 is 14.4 Å². The molecule has 6 nitrogen and oxygen atoms in total. The number of nitrogens with zero attached hydrogens (tertiary/aromatic N) is 2. The second-order valence-corrected chi connectivity index (χ2v) is 9.74. The van der Waals surface area contributed by atoms with Gasteiger partial charge in [0.25, 0.3) is 11.8 Å². The van der Waals surface area contributed by atoms with E-state index in [-0.39, 0.29) is 17.7 Å². The van der Waals surface area contributed by atoms with Crippen molar-refractivity contribution in [3.05, 3.63) is 65.2 Å². The number of fused-ring (bicyclic) bond motifs is 2. The number of rotatable bonds is 9. The molecule has 2 aromatic rings. The highest BCUT2D eigenvalue weighted by atomic mass is 32.2. The number of anilines is 1. The fourth-order valence-electron chi connectivity index (χ4n) is 4.44. The molecule has 0 aliphatic carbocycles. The minimum absolute atomic E-state index is 0.0337. The van der Waals surface area contributed by atoms with Gasteiger partial charge in [0.05, 0.1) is 17.8 Å². The normalized spacial score (nSPS) is 17.5. The summed E-state index contributed by atoms with van der Waals surface area (Å²) < 4.78 is 0. The van der Waals surface area contributed by atoms with Gasteiger partial charge in [-0.25, -0.2) is 0 Å². The standard InChI is InChI=1S/C26H31N3O3S/c1-2-16-33-17-6-14-27-24(30)20-12-10-19(11-13-20)18-29-22-8-4-3-7-21(22)25(31)28-15-5-9-23(28)26(29)32/h3-4,7-8,10-13,23H,2,5-6,9,14-18H2,1H3,(H,27,30). The lowest BCUT2D eigenvalue weighted by Crippen LogP contribution is -2.44. The number of nitrogens with one attached hydrogen (secondary N) is 1. The Labute approximate surface area is 199 Å². The van der Waals surface area contributed by atoms with Crippen molar-refractivity contribution in [3.8, 4) is 0 Å². The minimum atomic E-state index is -0.398. The van der Waals surface area contributed by atoms with Crippen molar-refractivity contribution in [1.29, 1.82) is 0 Å². The molecule has 0 bridgehead atoms. The molecular weight excluding hydrogens is 434 g/mol. The summed E-state index contributed by atoms with van der Waals surface area (Å²) in [4.78, 5) is 42.3. The largest absolute Gasteiger partial charge is 0.352 e. The molecule has 2 aromatic carbocycles. The zero-order valence-corrected chi connectivity index (χ0v) is 19.9. The Morgan fingerprint density at radius 1 is 1.09 bits per heavy atom. The fraction of sp³-hybridized carbons (Fsp3) is 0.423. The number of benzene rings is 2. The van der Waals surface area contributed by atoms with Gasteiger partial charge in [-0.15, -0.1) is 0 Å². The van der Waals surface area contributed by atoms with Crippen LogP contribution in [-0.4, -0.2) is 53.3 Å². The SMILES string of the molecule is CCCSCCCNC(=O)c1ccc(CN2C(=O)C3CCCN3C(=O)c3ccccc32)cc1. The molecule has 1 saturated heterocycles. The molecule has 7 heteroatoms. The van der Waals surface area contributed by atoms with E-state index in [0.717, 1.165) is 29.9 Å². The molecule has 1 fully saturated rings. The Kier molecular flexibility index (Phi) is 7.70. The van der Waals surface area contributed by atoms with Crippen LogP contribution >= 0.6 is 11.8 Å². The summed E-state index contributed by atoms with van der Waals surface area (Å²) in [6.07, 6.45) is 3.68. The third kappa shape index (κ3) is 5.24. The van der Waals surface area contributed by atoms with Crippen molar-refractivity contribution in [2.45, 2.75) is 45.2 Å². The van der Waals surface area contributed by atoms with Crippen LogP contribution in [0.3, 0.4) is 0 Å². The Bertz CT molecular complexity index is 1010. The average molecular weight is 466 g/mol. The van der Waals surface area contributed by atoms with E-state index in [9.17, 15) is 14.4 Å². The van der Waals surface area contributed by atoms with Crippen LogP contribution in [0.2, 0.25) is 0 Å². The summed E-state index contributed by atoms with van der Waals surface area (Å²) in [7, 11) is 0. The fourth-order valence-corrected chi connectivity index (χ4v) is 5.28. The number of hydrogen-bond acceptors (Lipinski definition) is 4. The number of para-hydroxylation sites is 1. The van der Waals surface area contributed by atoms with Crippen LogP contribution in [-0.2, 0) is 11.3 Å². The van der Waals surface area contributed by atoms with Crippen LogP contribution in [0.1, 0.15) is 58.9 Å². The van der Waals surface area contributed by atoms with Crippen molar-refractivity contribution in [2.75, 3.05) is 29.5 Å². The van der Waals surface area contributed by atoms with Crippen LogP contribution in [0.25, 0.3) is 0 Å². The van der Waals surface area contributed by atoms with E-state index in [2.05, 4.69) is 12.2 Å². The first kappa shape index (κ1) is 23.4. The summed E-state index contributed by atoms with van der Waals surface area (Å²) in [5, 5.41) is 2.98. The zero-order valence-electron chi connectivity index (χ0n) is 19.1. The van der Waals surface area contributed by atoms with Crippen LogP contribution in [0.5, 0.6) is 0 Å². The molecule has 2 aliphatic heterocycles. The average Bonchev–Trinajstić information content (AvgIpc) is 3.31. The number of amides is 3. The van der Waals surface area contributed by atoms with Crippen LogP contribution < -0.4 is 10.2 Å². The molecule has 4 rings (SSSR count). The van der Waals surface area contributed by atoms with E-state index in [0.29, 0.717) is 42.9 Å². The summed E-state index contributed by atoms with van der Waals surface area (Å²) in [6.45, 7) is 3.83. The molecule has 1 N–H and O–H groups in total. The van der Waals surface area contributed by atoms with Gasteiger partial charge in [0.15, 0.2) is 0 Å². The number of carbonyl (C=O) groups excluding carboxylic acids is 3. The number of carbonyl (C=O) groups is 3. The van der Waals surface area contributed by atoms with Gasteiger partial charge in [-0.05, 0) is 67.0 Å². The first-order chi connectivity index (χ1) is 16.1. The lowest BCUT2D eigenvalue weighted by molar-refractivity contribution is -0.122. The summed E-state index contributed by atoms with van der Waals surface area (Å²) in [5.74, 6) is 2.04. The van der Waals surface area contributed by atoms with E-state index in [4.69, 9.17) is 0 Å². The summed E-state index contributed by atoms with van der Waals surface area (Å²) in [6, 6.07) is 14.3. The van der Waals surface area contributed by atoms with Crippen molar-refractivity contribution in [2.24, 2.45) is 0 Å². The number of thioether (sulfide) groups is 1. The molecular formula is C26H31N3O3S. The van der Waals surface area contributed by atoms with E-state index in [1.165, 1.54) is 6.42 Å². The van der Waals surface area contributed by atoms with E-state index in [1.54, 1.807) is 28.0 Å². The first-order valence-electron chi connectivity index (χ1n) is 11.8. The minimum Gasteiger partial charge on any atom is -0.352 e. The van der Waals surface area contributed by atoms with Gasteiger partial charge < -0.3 is 15.1 Å². The van der Waals surface area contributed by atoms with Gasteiger partial charge in [-0.3, -0.25) is 14.4 Å². The second-order valence-electron chi connectivity index (χ2n) is 8.52. The van der Waals surface area contributed by atoms with E-state index in [1.807, 2.05) is 42.1 Å². The molecule has 0 spiro atoms. The van der Waals surface area contributed by atoms with Crippen molar-refractivity contribution in [1.82, 2.24) is 10.2 Å². The monoisotopic (exact) mass is 465 g/mol. The molecule has 2 heterocycles. The third-order valence-electron chi connectivity index (χ3n) is 6.15. The summed E-state index contributed by atoms with van der Waals surface area (Å²) in [5.41, 5.74) is 2.76. The van der Waals surface area contributed by atoms with Gasteiger partial charge in [0.1, 0.15) is 6.04 Å². The van der Waals surface area contributed by atoms with Gasteiger partial charge in [0, 0.05) is 18.7 Å². The first-order valence-corrected chi connectivity index (χ1v) is 12.9. The Hall–Kier alpha value is -2.80. The Morgan fingerprint density at radius 3 is 2.67 bits per heavy atom. The van der Waals surface area contributed by atoms with Crippen LogP contribution in [0.4, 0.5) is 5.69 Å². The molecule has 0 aromatic heterocycles. The van der Waals surface area contributed by atoms with Gasteiger partial charge in [0.2, 0.25) is 5.91 Å². The van der Waals surface area contributed by atoms with E-state index >= 15 is 0 Å². The maximum absolute atomic E-state index is 13.4. The maximum atomic E-state index is 13.4. The van der Waals surface area contributed by atoms with Gasteiger partial charge in [-0.2, -0.15) is 11.8 Å². The van der Waals surface area contributed by atoms with Crippen LogP contribution in [0.15, 0.2) is 48.5 Å². The molecule has 174 valence electrons. The predicted octanol–water partition coefficient (Wildman–Crippen LogP) is 4.10. The second kappa shape index (κ2) is 10.9. The highest BCUT2D eigenvalue weighted by Crippen LogP contribution is 2.33. The van der Waals surface area contributed by atoms with Crippen molar-refractivity contribution >= 4 is 35.2 Å².